The monoisotopic (exact) mass is 358 g/mol. The second kappa shape index (κ2) is 22.9. The quantitative estimate of drug-likeness (QED) is 0.224. The summed E-state index contributed by atoms with van der Waals surface area (Å²) >= 11 is 0. The number of unbranched alkanes of at least 4 members (excludes halogenated alkanes) is 13. The van der Waals surface area contributed by atoms with Crippen LogP contribution in [0.1, 0.15) is 104 Å². The smallest absolute Gasteiger partial charge is 0.343 e. The Morgan fingerprint density at radius 3 is 1.17 bits per heavy atom. The predicted octanol–water partition coefficient (Wildman–Crippen LogP) is 3.20. The molecule has 0 aliphatic heterocycles. The molecule has 0 aromatic rings. The largest absolute Gasteiger partial charge is 1.00 e. The van der Waals surface area contributed by atoms with Gasteiger partial charge in [0.1, 0.15) is 0 Å². The molecule has 0 aromatic carbocycles. The van der Waals surface area contributed by atoms with E-state index in [2.05, 4.69) is 13.8 Å². The Hall–Kier alpha value is 0.910. The van der Waals surface area contributed by atoms with Crippen molar-refractivity contribution in [3.8, 4) is 0 Å². The first-order valence-corrected chi connectivity index (χ1v) is 10.8. The van der Waals surface area contributed by atoms with Crippen LogP contribution in [0.25, 0.3) is 0 Å². The molecule has 1 N–H and O–H groups in total. The van der Waals surface area contributed by atoms with Gasteiger partial charge in [-0.1, -0.05) is 90.4 Å². The maximum atomic E-state index is 9.56. The van der Waals surface area contributed by atoms with Crippen LogP contribution in [0.2, 0.25) is 0 Å². The molecule has 23 heavy (non-hydrogen) atoms. The van der Waals surface area contributed by atoms with E-state index in [1.165, 1.54) is 90.4 Å². The van der Waals surface area contributed by atoms with Crippen LogP contribution in [0, 0.1) is 6.92 Å². The molecule has 0 fully saturated rings. The van der Waals surface area contributed by atoms with E-state index in [1.807, 2.05) is 0 Å². The van der Waals surface area contributed by atoms with E-state index in [1.54, 1.807) is 0 Å². The van der Waals surface area contributed by atoms with E-state index in [9.17, 15) is 8.42 Å². The first-order valence-electron chi connectivity index (χ1n) is 9.22. The standard InChI is InChI=1S/C16H33.C2H6O3S.Na/c1-3-5-7-9-11-13-15-16-14-12-10-8-6-4-2;1-2-6(3,4)5;/h1,3-16H2,2H3;2H2,1H3,(H,3,4,5);/q-1;;+1. The molecule has 136 valence electrons. The van der Waals surface area contributed by atoms with E-state index in [0.717, 1.165) is 6.42 Å². The van der Waals surface area contributed by atoms with Crippen molar-refractivity contribution < 1.29 is 42.5 Å². The summed E-state index contributed by atoms with van der Waals surface area (Å²) in [7, 11) is -3.66. The van der Waals surface area contributed by atoms with Gasteiger partial charge in [-0.25, -0.2) is 0 Å². The van der Waals surface area contributed by atoms with Crippen molar-refractivity contribution in [1.82, 2.24) is 0 Å². The van der Waals surface area contributed by atoms with Crippen molar-refractivity contribution in [2.45, 2.75) is 104 Å². The Morgan fingerprint density at radius 1 is 0.696 bits per heavy atom. The summed E-state index contributed by atoms with van der Waals surface area (Å²) in [6.07, 6.45) is 19.8. The average molecular weight is 359 g/mol. The molecule has 0 saturated heterocycles. The molecule has 0 radical (unpaired) electrons. The Kier molecular flexibility index (Phi) is 28.6. The Labute approximate surface area is 168 Å². The number of hydrogen-bond donors (Lipinski definition) is 1. The first-order chi connectivity index (χ1) is 10.5. The van der Waals surface area contributed by atoms with Gasteiger partial charge in [0.05, 0.1) is 5.75 Å². The van der Waals surface area contributed by atoms with Crippen LogP contribution in [0.15, 0.2) is 0 Å². The first kappa shape index (κ1) is 28.7. The van der Waals surface area contributed by atoms with Gasteiger partial charge in [-0.3, -0.25) is 4.55 Å². The summed E-state index contributed by atoms with van der Waals surface area (Å²) in [5, 5.41) is 0. The summed E-state index contributed by atoms with van der Waals surface area (Å²) in [5.41, 5.74) is 0. The van der Waals surface area contributed by atoms with Gasteiger partial charge in [0, 0.05) is 0 Å². The molecular formula is C18H39NaO3S. The molecule has 0 rings (SSSR count). The van der Waals surface area contributed by atoms with Gasteiger partial charge >= 0.3 is 29.6 Å². The van der Waals surface area contributed by atoms with Crippen molar-refractivity contribution in [1.29, 1.82) is 0 Å². The number of rotatable bonds is 14. The molecule has 0 heterocycles. The minimum atomic E-state index is -3.66. The molecule has 3 nitrogen and oxygen atoms in total. The third-order valence-corrected chi connectivity index (χ3v) is 4.45. The van der Waals surface area contributed by atoms with Gasteiger partial charge in [-0.2, -0.15) is 14.8 Å². The van der Waals surface area contributed by atoms with Crippen molar-refractivity contribution >= 4 is 10.1 Å². The van der Waals surface area contributed by atoms with Crippen LogP contribution in [0.4, 0.5) is 0 Å². The van der Waals surface area contributed by atoms with Crippen LogP contribution in [-0.4, -0.2) is 18.7 Å². The zero-order valence-corrected chi connectivity index (χ0v) is 18.8. The average Bonchev–Trinajstić information content (AvgIpc) is 2.48. The van der Waals surface area contributed by atoms with Gasteiger partial charge < -0.3 is 6.92 Å². The van der Waals surface area contributed by atoms with E-state index < -0.39 is 10.1 Å². The molecule has 0 unspecified atom stereocenters. The summed E-state index contributed by atoms with van der Waals surface area (Å²) in [4.78, 5) is 0. The zero-order chi connectivity index (χ0) is 17.1. The zero-order valence-electron chi connectivity index (χ0n) is 16.0. The van der Waals surface area contributed by atoms with Crippen LogP contribution in [0.3, 0.4) is 0 Å². The van der Waals surface area contributed by atoms with Crippen LogP contribution in [-0.2, 0) is 10.1 Å². The third-order valence-electron chi connectivity index (χ3n) is 3.72. The second-order valence-electron chi connectivity index (χ2n) is 5.97. The van der Waals surface area contributed by atoms with E-state index in [-0.39, 0.29) is 35.3 Å². The van der Waals surface area contributed by atoms with E-state index >= 15 is 0 Å². The molecule has 0 saturated carbocycles. The summed E-state index contributed by atoms with van der Waals surface area (Å²) < 4.78 is 26.9. The molecular weight excluding hydrogens is 319 g/mol. The van der Waals surface area contributed by atoms with Gasteiger partial charge in [0.15, 0.2) is 0 Å². The summed E-state index contributed by atoms with van der Waals surface area (Å²) in [5.74, 6) is -0.201. The Morgan fingerprint density at radius 2 is 0.957 bits per heavy atom. The number of hydrogen-bond acceptors (Lipinski definition) is 2. The Bertz CT molecular complexity index is 279. The maximum Gasteiger partial charge on any atom is 1.00 e. The minimum Gasteiger partial charge on any atom is -0.343 e. The van der Waals surface area contributed by atoms with Crippen molar-refractivity contribution in [3.63, 3.8) is 0 Å². The predicted molar refractivity (Wildman–Crippen MR) is 97.8 cm³/mol. The Balaban J connectivity index is -0.000000487. The van der Waals surface area contributed by atoms with Gasteiger partial charge in [-0.05, 0) is 6.92 Å². The van der Waals surface area contributed by atoms with Gasteiger partial charge in [0.25, 0.3) is 10.1 Å². The van der Waals surface area contributed by atoms with E-state index in [4.69, 9.17) is 4.55 Å². The van der Waals surface area contributed by atoms with Gasteiger partial charge in [0.2, 0.25) is 0 Å². The molecule has 5 heteroatoms. The molecule has 0 aliphatic carbocycles. The summed E-state index contributed by atoms with van der Waals surface area (Å²) in [6.45, 7) is 7.53. The maximum absolute atomic E-state index is 9.56. The van der Waals surface area contributed by atoms with Crippen LogP contribution >= 0.6 is 0 Å². The SMILES string of the molecule is CCS(=O)(=O)O.[CH2-]CCCCCCCCCCCCCCC.[Na+]. The molecule has 0 amide bonds. The topological polar surface area (TPSA) is 54.4 Å². The minimum absolute atomic E-state index is 0. The van der Waals surface area contributed by atoms with Crippen molar-refractivity contribution in [3.05, 3.63) is 6.92 Å². The fourth-order valence-corrected chi connectivity index (χ4v) is 2.19. The fraction of sp³-hybridized carbons (Fsp3) is 0.944. The molecule has 0 aromatic heterocycles. The fourth-order valence-electron chi connectivity index (χ4n) is 2.19. The second-order valence-corrected chi connectivity index (χ2v) is 7.71. The van der Waals surface area contributed by atoms with E-state index in [0.29, 0.717) is 0 Å². The molecule has 0 spiro atoms. The summed E-state index contributed by atoms with van der Waals surface area (Å²) in [6, 6.07) is 0. The molecule has 0 bridgehead atoms. The van der Waals surface area contributed by atoms with Crippen LogP contribution < -0.4 is 29.6 Å². The molecule has 0 aliphatic rings. The normalized spacial score (nSPS) is 10.6. The third kappa shape index (κ3) is 35.0. The van der Waals surface area contributed by atoms with Crippen LogP contribution in [0.5, 0.6) is 0 Å². The molecule has 0 atom stereocenters. The van der Waals surface area contributed by atoms with Crippen molar-refractivity contribution in [2.75, 3.05) is 5.75 Å². The van der Waals surface area contributed by atoms with Crippen molar-refractivity contribution in [2.24, 2.45) is 0 Å². The van der Waals surface area contributed by atoms with Gasteiger partial charge in [-0.15, -0.1) is 0 Å².